The van der Waals surface area contributed by atoms with Crippen LogP contribution in [0.2, 0.25) is 0 Å². The lowest BCUT2D eigenvalue weighted by Crippen LogP contribution is -1.90. The van der Waals surface area contributed by atoms with Gasteiger partial charge in [0.2, 0.25) is 0 Å². The number of ether oxygens (including phenoxy) is 1. The normalized spacial score (nSPS) is 9.50. The quantitative estimate of drug-likeness (QED) is 0.650. The summed E-state index contributed by atoms with van der Waals surface area (Å²) in [7, 11) is 5.28. The molecule has 1 aromatic rings. The molecule has 0 aromatic carbocycles. The molecule has 0 aliphatic rings. The Bertz CT molecular complexity index is 197. The molecule has 4 nitrogen and oxygen atoms in total. The summed E-state index contributed by atoms with van der Waals surface area (Å²) in [6, 6.07) is 0. The third kappa shape index (κ3) is 1.05. The van der Waals surface area contributed by atoms with Crippen molar-refractivity contribution in [1.82, 2.24) is 9.78 Å². The van der Waals surface area contributed by atoms with Gasteiger partial charge in [0.15, 0.2) is 0 Å². The van der Waals surface area contributed by atoms with Crippen molar-refractivity contribution in [3.05, 3.63) is 6.20 Å². The van der Waals surface area contributed by atoms with E-state index in [1.54, 1.807) is 11.8 Å². The van der Waals surface area contributed by atoms with Crippen LogP contribution in [0, 0.1) is 0 Å². The Labute approximate surface area is 59.8 Å². The van der Waals surface area contributed by atoms with Gasteiger partial charge in [-0.3, -0.25) is 4.68 Å². The van der Waals surface area contributed by atoms with Crippen molar-refractivity contribution in [1.29, 1.82) is 0 Å². The molecule has 1 N–H and O–H groups in total. The summed E-state index contributed by atoms with van der Waals surface area (Å²) in [5.74, 6) is 0.630. The second kappa shape index (κ2) is 2.60. The maximum Gasteiger partial charge on any atom is 0.256 e. The first-order valence-corrected chi connectivity index (χ1v) is 3.03. The lowest BCUT2D eigenvalue weighted by molar-refractivity contribution is 0.393. The number of nitrogens with zero attached hydrogens (tertiary/aromatic N) is 2. The minimum absolute atomic E-state index is 0.630. The number of hydrogen-bond donors (Lipinski definition) is 1. The average Bonchev–Trinajstić information content (AvgIpc) is 2.30. The molecule has 1 heterocycles. The third-order valence-electron chi connectivity index (χ3n) is 1.26. The van der Waals surface area contributed by atoms with Crippen LogP contribution in [-0.2, 0) is 7.05 Å². The zero-order valence-corrected chi connectivity index (χ0v) is 6.38. The number of rotatable bonds is 2. The predicted molar refractivity (Wildman–Crippen MR) is 39.3 cm³/mol. The molecule has 1 aromatic heterocycles. The Morgan fingerprint density at radius 1 is 1.70 bits per heavy atom. The molecule has 1 rings (SSSR count). The van der Waals surface area contributed by atoms with E-state index in [2.05, 4.69) is 10.4 Å². The maximum absolute atomic E-state index is 4.96. The smallest absolute Gasteiger partial charge is 0.256 e. The monoisotopic (exact) mass is 141 g/mol. The third-order valence-corrected chi connectivity index (χ3v) is 1.26. The molecule has 4 heteroatoms. The molecule has 0 bridgehead atoms. The standard InChI is InChI=1S/C6H11N3O/c1-7-5-4-9(2)8-6(5)10-3/h4,7H,1-3H3. The maximum atomic E-state index is 4.96. The average molecular weight is 141 g/mol. The van der Waals surface area contributed by atoms with Crippen LogP contribution in [0.4, 0.5) is 5.69 Å². The summed E-state index contributed by atoms with van der Waals surface area (Å²) in [5.41, 5.74) is 0.907. The van der Waals surface area contributed by atoms with Gasteiger partial charge in [0.25, 0.3) is 5.88 Å². The van der Waals surface area contributed by atoms with Gasteiger partial charge >= 0.3 is 0 Å². The van der Waals surface area contributed by atoms with Crippen molar-refractivity contribution in [2.75, 3.05) is 19.5 Å². The minimum Gasteiger partial charge on any atom is -0.478 e. The number of nitrogens with one attached hydrogen (secondary N) is 1. The van der Waals surface area contributed by atoms with Gasteiger partial charge in [-0.2, -0.15) is 0 Å². The molecule has 0 fully saturated rings. The predicted octanol–water partition coefficient (Wildman–Crippen LogP) is 0.470. The highest BCUT2D eigenvalue weighted by molar-refractivity contribution is 5.50. The van der Waals surface area contributed by atoms with Crippen LogP contribution < -0.4 is 10.1 Å². The fraction of sp³-hybridized carbons (Fsp3) is 0.500. The molecule has 0 saturated carbocycles. The zero-order chi connectivity index (χ0) is 7.56. The first kappa shape index (κ1) is 6.92. The number of hydrogen-bond acceptors (Lipinski definition) is 3. The van der Waals surface area contributed by atoms with Crippen LogP contribution in [0.1, 0.15) is 0 Å². The van der Waals surface area contributed by atoms with Crippen LogP contribution in [0.3, 0.4) is 0 Å². The van der Waals surface area contributed by atoms with E-state index in [1.807, 2.05) is 20.3 Å². The van der Waals surface area contributed by atoms with Gasteiger partial charge in [-0.25, -0.2) is 0 Å². The largest absolute Gasteiger partial charge is 0.478 e. The van der Waals surface area contributed by atoms with Gasteiger partial charge in [0, 0.05) is 14.1 Å². The van der Waals surface area contributed by atoms with Crippen molar-refractivity contribution < 1.29 is 4.74 Å². The van der Waals surface area contributed by atoms with E-state index in [0.717, 1.165) is 5.69 Å². The molecule has 56 valence electrons. The second-order valence-electron chi connectivity index (χ2n) is 1.98. The van der Waals surface area contributed by atoms with Crippen LogP contribution in [-0.4, -0.2) is 23.9 Å². The summed E-state index contributed by atoms with van der Waals surface area (Å²) in [5, 5.41) is 6.99. The summed E-state index contributed by atoms with van der Waals surface area (Å²) < 4.78 is 6.66. The molecular formula is C6H11N3O. The molecule has 0 amide bonds. The lowest BCUT2D eigenvalue weighted by Gasteiger charge is -1.96. The van der Waals surface area contributed by atoms with E-state index in [9.17, 15) is 0 Å². The van der Waals surface area contributed by atoms with Crippen LogP contribution >= 0.6 is 0 Å². The Morgan fingerprint density at radius 2 is 2.40 bits per heavy atom. The molecule has 0 spiro atoms. The van der Waals surface area contributed by atoms with Crippen molar-refractivity contribution in [3.63, 3.8) is 0 Å². The topological polar surface area (TPSA) is 39.1 Å². The number of aryl methyl sites for hydroxylation is 1. The van der Waals surface area contributed by atoms with Crippen molar-refractivity contribution >= 4 is 5.69 Å². The van der Waals surface area contributed by atoms with E-state index in [0.29, 0.717) is 5.88 Å². The molecule has 0 saturated heterocycles. The zero-order valence-electron chi connectivity index (χ0n) is 6.38. The Balaban J connectivity index is 2.96. The highest BCUT2D eigenvalue weighted by Crippen LogP contribution is 2.19. The molecular weight excluding hydrogens is 130 g/mol. The number of methoxy groups -OCH3 is 1. The lowest BCUT2D eigenvalue weighted by atomic mass is 10.5. The van der Waals surface area contributed by atoms with Crippen molar-refractivity contribution in [2.45, 2.75) is 0 Å². The van der Waals surface area contributed by atoms with Gasteiger partial charge in [-0.15, -0.1) is 5.10 Å². The van der Waals surface area contributed by atoms with E-state index < -0.39 is 0 Å². The van der Waals surface area contributed by atoms with Crippen molar-refractivity contribution in [2.24, 2.45) is 7.05 Å². The highest BCUT2D eigenvalue weighted by Gasteiger charge is 2.03. The molecule has 0 atom stereocenters. The minimum atomic E-state index is 0.630. The van der Waals surface area contributed by atoms with E-state index in [-0.39, 0.29) is 0 Å². The van der Waals surface area contributed by atoms with Gasteiger partial charge in [0.05, 0.1) is 13.3 Å². The van der Waals surface area contributed by atoms with Gasteiger partial charge in [-0.1, -0.05) is 0 Å². The van der Waals surface area contributed by atoms with Crippen molar-refractivity contribution in [3.8, 4) is 5.88 Å². The molecule has 0 unspecified atom stereocenters. The summed E-state index contributed by atoms with van der Waals surface area (Å²) in [6.45, 7) is 0. The molecule has 0 aliphatic heterocycles. The van der Waals surface area contributed by atoms with E-state index in [1.165, 1.54) is 0 Å². The highest BCUT2D eigenvalue weighted by atomic mass is 16.5. The summed E-state index contributed by atoms with van der Waals surface area (Å²) in [4.78, 5) is 0. The molecule has 10 heavy (non-hydrogen) atoms. The summed E-state index contributed by atoms with van der Waals surface area (Å²) in [6.07, 6.45) is 1.86. The van der Waals surface area contributed by atoms with Crippen LogP contribution in [0.15, 0.2) is 6.20 Å². The van der Waals surface area contributed by atoms with Crippen LogP contribution in [0.25, 0.3) is 0 Å². The van der Waals surface area contributed by atoms with Gasteiger partial charge < -0.3 is 10.1 Å². The van der Waals surface area contributed by atoms with Gasteiger partial charge in [-0.05, 0) is 0 Å². The second-order valence-corrected chi connectivity index (χ2v) is 1.98. The Morgan fingerprint density at radius 3 is 2.80 bits per heavy atom. The fourth-order valence-corrected chi connectivity index (χ4v) is 0.790. The SMILES string of the molecule is CNc1cn(C)nc1OC. The molecule has 0 radical (unpaired) electrons. The van der Waals surface area contributed by atoms with E-state index >= 15 is 0 Å². The summed E-state index contributed by atoms with van der Waals surface area (Å²) >= 11 is 0. The molecule has 0 aliphatic carbocycles. The number of aromatic nitrogens is 2. The van der Waals surface area contributed by atoms with Gasteiger partial charge in [0.1, 0.15) is 5.69 Å². The Kier molecular flexibility index (Phi) is 1.80. The first-order chi connectivity index (χ1) is 4.77. The first-order valence-electron chi connectivity index (χ1n) is 3.03. The number of anilines is 1. The Hall–Kier alpha value is -1.19. The van der Waals surface area contributed by atoms with E-state index in [4.69, 9.17) is 4.74 Å². The fourth-order valence-electron chi connectivity index (χ4n) is 0.790. The van der Waals surface area contributed by atoms with Crippen LogP contribution in [0.5, 0.6) is 5.88 Å².